The minimum Gasteiger partial charge on any atom is -0.497 e. The van der Waals surface area contributed by atoms with Crippen LogP contribution < -0.4 is 14.8 Å². The lowest BCUT2D eigenvalue weighted by Crippen LogP contribution is -2.45. The Kier molecular flexibility index (Phi) is 6.49. The van der Waals surface area contributed by atoms with E-state index < -0.39 is 35.8 Å². The number of fused-ring (bicyclic) bond motifs is 1. The number of anilines is 1. The van der Waals surface area contributed by atoms with E-state index in [1.54, 1.807) is 31.4 Å². The Morgan fingerprint density at radius 2 is 2.05 bits per heavy atom. The Bertz CT molecular complexity index is 1420. The van der Waals surface area contributed by atoms with Crippen LogP contribution in [0.3, 0.4) is 0 Å². The van der Waals surface area contributed by atoms with Crippen LogP contribution in [0, 0.1) is 11.2 Å². The van der Waals surface area contributed by atoms with Gasteiger partial charge in [0.1, 0.15) is 17.2 Å². The summed E-state index contributed by atoms with van der Waals surface area (Å²) in [6, 6.07) is 4.14. The number of nitrogens with one attached hydrogen (secondary N) is 2. The zero-order valence-electron chi connectivity index (χ0n) is 21.1. The molecule has 0 saturated heterocycles. The number of amides is 1. The lowest BCUT2D eigenvalue weighted by molar-refractivity contribution is 0.0525. The van der Waals surface area contributed by atoms with Crippen LogP contribution in [0.25, 0.3) is 11.3 Å². The third-order valence-corrected chi connectivity index (χ3v) is 6.96. The number of carbonyl (C=O) groups excluding carboxylic acids is 1. The molecule has 0 spiro atoms. The fourth-order valence-electron chi connectivity index (χ4n) is 4.95. The molecule has 1 atom stereocenters. The average molecular weight is 529 g/mol. The van der Waals surface area contributed by atoms with Crippen molar-refractivity contribution in [2.75, 3.05) is 19.5 Å². The van der Waals surface area contributed by atoms with Gasteiger partial charge >= 0.3 is 0 Å². The van der Waals surface area contributed by atoms with Crippen molar-refractivity contribution in [3.8, 4) is 22.8 Å². The molecule has 2 aliphatic rings. The van der Waals surface area contributed by atoms with Gasteiger partial charge in [0.2, 0.25) is 0 Å². The second-order valence-corrected chi connectivity index (χ2v) is 9.43. The SMILES string of the molecule is COc1ccc(CN2Cc3c(F)c(NC4CCCC(F)(F)C4=N)nc(-c4cnn(C)c4)c3C2=O)c(OC)c1. The molecule has 1 unspecified atom stereocenters. The molecule has 200 valence electrons. The number of alkyl halides is 2. The van der Waals surface area contributed by atoms with Gasteiger partial charge in [-0.05, 0) is 25.0 Å². The summed E-state index contributed by atoms with van der Waals surface area (Å²) in [6.45, 7) is 0.0762. The molecular formula is C26H27F3N6O3. The van der Waals surface area contributed by atoms with Crippen molar-refractivity contribution in [3.63, 3.8) is 0 Å². The normalized spacial score (nSPS) is 18.5. The van der Waals surface area contributed by atoms with Gasteiger partial charge < -0.3 is 25.1 Å². The van der Waals surface area contributed by atoms with Crippen LogP contribution in [0.5, 0.6) is 11.5 Å². The standard InChI is InChI=1S/C26H27F3N6O3/c1-34-11-15(10-31-34)22-20-17(21(27)24(33-22)32-18-5-4-8-26(28,29)23(18)30)13-35(25(20)36)12-14-6-7-16(37-2)9-19(14)38-3/h6-7,9-11,18,30H,4-5,8,12-13H2,1-3H3,(H,32,33). The van der Waals surface area contributed by atoms with E-state index in [1.807, 2.05) is 0 Å². The number of aromatic nitrogens is 3. The average Bonchev–Trinajstić information content (AvgIpc) is 3.47. The molecule has 1 saturated carbocycles. The highest BCUT2D eigenvalue weighted by Crippen LogP contribution is 2.39. The van der Waals surface area contributed by atoms with Crippen molar-refractivity contribution in [2.45, 2.75) is 44.3 Å². The third kappa shape index (κ3) is 4.44. The van der Waals surface area contributed by atoms with E-state index in [4.69, 9.17) is 14.9 Å². The number of rotatable bonds is 7. The van der Waals surface area contributed by atoms with E-state index in [0.29, 0.717) is 22.6 Å². The number of halogens is 3. The van der Waals surface area contributed by atoms with Crippen molar-refractivity contribution in [3.05, 3.63) is 53.1 Å². The number of pyridine rings is 1. The number of benzene rings is 1. The van der Waals surface area contributed by atoms with E-state index >= 15 is 4.39 Å². The van der Waals surface area contributed by atoms with E-state index in [2.05, 4.69) is 15.4 Å². The topological polar surface area (TPSA) is 105 Å². The Hall–Kier alpha value is -4.09. The number of hydrogen-bond acceptors (Lipinski definition) is 7. The third-order valence-electron chi connectivity index (χ3n) is 6.96. The van der Waals surface area contributed by atoms with Gasteiger partial charge in [-0.3, -0.25) is 9.48 Å². The van der Waals surface area contributed by atoms with Gasteiger partial charge in [-0.25, -0.2) is 9.37 Å². The summed E-state index contributed by atoms with van der Waals surface area (Å²) in [5, 5.41) is 14.8. The van der Waals surface area contributed by atoms with E-state index in [-0.39, 0.29) is 48.6 Å². The summed E-state index contributed by atoms with van der Waals surface area (Å²) in [6.07, 6.45) is 3.17. The Labute approximate surface area is 217 Å². The predicted molar refractivity (Wildman–Crippen MR) is 133 cm³/mol. The maximum Gasteiger partial charge on any atom is 0.287 e. The molecule has 2 aromatic heterocycles. The summed E-state index contributed by atoms with van der Waals surface area (Å²) in [5.41, 5.74) is 0.776. The van der Waals surface area contributed by atoms with Crippen molar-refractivity contribution < 1.29 is 27.4 Å². The van der Waals surface area contributed by atoms with Crippen molar-refractivity contribution in [1.29, 1.82) is 5.41 Å². The summed E-state index contributed by atoms with van der Waals surface area (Å²) < 4.78 is 56.4. The van der Waals surface area contributed by atoms with Crippen LogP contribution in [-0.2, 0) is 20.1 Å². The fraction of sp³-hybridized carbons (Fsp3) is 0.385. The Morgan fingerprint density at radius 3 is 2.74 bits per heavy atom. The van der Waals surface area contributed by atoms with Crippen molar-refractivity contribution >= 4 is 17.4 Å². The molecule has 3 aromatic rings. The highest BCUT2D eigenvalue weighted by Gasteiger charge is 2.43. The minimum atomic E-state index is -3.26. The van der Waals surface area contributed by atoms with Crippen LogP contribution in [-0.4, -0.2) is 57.5 Å². The fourth-order valence-corrected chi connectivity index (χ4v) is 4.95. The van der Waals surface area contributed by atoms with Crippen molar-refractivity contribution in [1.82, 2.24) is 19.7 Å². The van der Waals surface area contributed by atoms with Gasteiger partial charge in [-0.15, -0.1) is 0 Å². The number of aryl methyl sites for hydroxylation is 1. The smallest absolute Gasteiger partial charge is 0.287 e. The van der Waals surface area contributed by atoms with Gasteiger partial charge in [0.15, 0.2) is 11.6 Å². The molecule has 1 amide bonds. The van der Waals surface area contributed by atoms with Gasteiger partial charge in [-0.2, -0.15) is 13.9 Å². The number of hydrogen-bond donors (Lipinski definition) is 2. The van der Waals surface area contributed by atoms with Crippen LogP contribution in [0.4, 0.5) is 19.0 Å². The predicted octanol–water partition coefficient (Wildman–Crippen LogP) is 4.41. The quantitative estimate of drug-likeness (QED) is 0.471. The largest absolute Gasteiger partial charge is 0.497 e. The molecule has 0 bridgehead atoms. The molecule has 1 aliphatic carbocycles. The summed E-state index contributed by atoms with van der Waals surface area (Å²) in [5.74, 6) is -3.66. The summed E-state index contributed by atoms with van der Waals surface area (Å²) in [4.78, 5) is 19.4. The zero-order chi connectivity index (χ0) is 27.2. The number of carbonyl (C=O) groups is 1. The molecular weight excluding hydrogens is 501 g/mol. The minimum absolute atomic E-state index is 0.0576. The molecule has 3 heterocycles. The maximum atomic E-state index is 15.9. The van der Waals surface area contributed by atoms with Crippen LogP contribution in [0.1, 0.15) is 40.7 Å². The molecule has 38 heavy (non-hydrogen) atoms. The van der Waals surface area contributed by atoms with Gasteiger partial charge in [-0.1, -0.05) is 0 Å². The summed E-state index contributed by atoms with van der Waals surface area (Å²) in [7, 11) is 4.74. The molecule has 1 aliphatic heterocycles. The molecule has 5 rings (SSSR count). The lowest BCUT2D eigenvalue weighted by Gasteiger charge is -2.31. The molecule has 9 nitrogen and oxygen atoms in total. The van der Waals surface area contributed by atoms with E-state index in [9.17, 15) is 13.6 Å². The second-order valence-electron chi connectivity index (χ2n) is 9.43. The van der Waals surface area contributed by atoms with Crippen LogP contribution in [0.15, 0.2) is 30.6 Å². The molecule has 12 heteroatoms. The van der Waals surface area contributed by atoms with Crippen molar-refractivity contribution in [2.24, 2.45) is 7.05 Å². The van der Waals surface area contributed by atoms with Crippen LogP contribution >= 0.6 is 0 Å². The molecule has 1 fully saturated rings. The maximum absolute atomic E-state index is 15.9. The van der Waals surface area contributed by atoms with Gasteiger partial charge in [0, 0.05) is 49.0 Å². The number of ether oxygens (including phenoxy) is 2. The van der Waals surface area contributed by atoms with Gasteiger partial charge in [0.25, 0.3) is 11.8 Å². The van der Waals surface area contributed by atoms with Crippen LogP contribution in [0.2, 0.25) is 0 Å². The Balaban J connectivity index is 1.53. The first-order chi connectivity index (χ1) is 18.1. The zero-order valence-corrected chi connectivity index (χ0v) is 21.1. The van der Waals surface area contributed by atoms with Gasteiger partial charge in [0.05, 0.1) is 44.3 Å². The van der Waals surface area contributed by atoms with E-state index in [1.165, 1.54) is 30.0 Å². The first-order valence-corrected chi connectivity index (χ1v) is 12.1. The van der Waals surface area contributed by atoms with E-state index in [0.717, 1.165) is 0 Å². The number of nitrogens with zero attached hydrogens (tertiary/aromatic N) is 4. The first-order valence-electron chi connectivity index (χ1n) is 12.1. The second kappa shape index (κ2) is 9.66. The molecule has 0 radical (unpaired) electrons. The molecule has 1 aromatic carbocycles. The molecule has 2 N–H and O–H groups in total. The highest BCUT2D eigenvalue weighted by atomic mass is 19.3. The first kappa shape index (κ1) is 25.6. The lowest BCUT2D eigenvalue weighted by atomic mass is 9.90. The monoisotopic (exact) mass is 528 g/mol. The number of methoxy groups -OCH3 is 2. The highest BCUT2D eigenvalue weighted by molar-refractivity contribution is 6.04. The summed E-state index contributed by atoms with van der Waals surface area (Å²) >= 11 is 0. The Morgan fingerprint density at radius 1 is 1.26 bits per heavy atom.